The van der Waals surface area contributed by atoms with Crippen LogP contribution in [0.5, 0.6) is 0 Å². The maximum absolute atomic E-state index is 3.72. The number of nitrogens with one attached hydrogen (secondary N) is 1. The van der Waals surface area contributed by atoms with Gasteiger partial charge in [0.05, 0.1) is 0 Å². The van der Waals surface area contributed by atoms with Crippen LogP contribution in [0.15, 0.2) is 0 Å². The van der Waals surface area contributed by atoms with Crippen molar-refractivity contribution in [2.45, 2.75) is 52.0 Å². The highest BCUT2D eigenvalue weighted by atomic mass is 14.9. The molecule has 0 amide bonds. The molecule has 0 heterocycles. The lowest BCUT2D eigenvalue weighted by atomic mass is 9.93. The molecular weight excluding hydrogens is 158 g/mol. The van der Waals surface area contributed by atoms with Crippen molar-refractivity contribution in [3.05, 3.63) is 0 Å². The third-order valence-electron chi connectivity index (χ3n) is 3.98. The van der Waals surface area contributed by atoms with E-state index in [0.717, 1.165) is 30.3 Å². The molecule has 0 aromatic carbocycles. The van der Waals surface area contributed by atoms with Crippen molar-refractivity contribution >= 4 is 0 Å². The van der Waals surface area contributed by atoms with Gasteiger partial charge in [0, 0.05) is 6.04 Å². The van der Waals surface area contributed by atoms with Gasteiger partial charge in [-0.1, -0.05) is 26.7 Å². The molecule has 0 spiro atoms. The summed E-state index contributed by atoms with van der Waals surface area (Å²) in [7, 11) is 0. The molecule has 0 aliphatic heterocycles. The van der Waals surface area contributed by atoms with E-state index in [1.165, 1.54) is 32.1 Å². The summed E-state index contributed by atoms with van der Waals surface area (Å²) in [5, 5.41) is 3.72. The van der Waals surface area contributed by atoms with E-state index in [2.05, 4.69) is 19.2 Å². The Balaban J connectivity index is 1.88. The highest BCUT2D eigenvalue weighted by Crippen LogP contribution is 2.45. The molecule has 0 bridgehead atoms. The normalized spacial score (nSPS) is 36.5. The van der Waals surface area contributed by atoms with Crippen LogP contribution >= 0.6 is 0 Å². The van der Waals surface area contributed by atoms with Crippen LogP contribution < -0.4 is 5.32 Å². The minimum Gasteiger partial charge on any atom is -0.314 e. The summed E-state index contributed by atoms with van der Waals surface area (Å²) in [6.07, 6.45) is 7.41. The van der Waals surface area contributed by atoms with Crippen LogP contribution in [0.2, 0.25) is 0 Å². The molecule has 3 unspecified atom stereocenters. The molecule has 2 saturated carbocycles. The van der Waals surface area contributed by atoms with Gasteiger partial charge in [0.25, 0.3) is 0 Å². The van der Waals surface area contributed by atoms with E-state index in [9.17, 15) is 0 Å². The molecule has 1 N–H and O–H groups in total. The zero-order chi connectivity index (χ0) is 9.26. The van der Waals surface area contributed by atoms with Crippen LogP contribution in [0.1, 0.15) is 46.0 Å². The van der Waals surface area contributed by atoms with Crippen LogP contribution in [0.4, 0.5) is 0 Å². The van der Waals surface area contributed by atoms with Gasteiger partial charge in [-0.3, -0.25) is 0 Å². The Morgan fingerprint density at radius 2 is 1.92 bits per heavy atom. The van der Waals surface area contributed by atoms with Gasteiger partial charge in [-0.15, -0.1) is 0 Å². The zero-order valence-electron chi connectivity index (χ0n) is 9.05. The number of rotatable bonds is 4. The van der Waals surface area contributed by atoms with Gasteiger partial charge in [0.2, 0.25) is 0 Å². The first-order chi connectivity index (χ1) is 6.33. The lowest BCUT2D eigenvalue weighted by Crippen LogP contribution is -2.37. The fourth-order valence-electron chi connectivity index (χ4n) is 3.07. The predicted octanol–water partition coefficient (Wildman–Crippen LogP) is 2.81. The number of hydrogen-bond acceptors (Lipinski definition) is 1. The van der Waals surface area contributed by atoms with E-state index in [0.29, 0.717) is 0 Å². The third-order valence-corrected chi connectivity index (χ3v) is 3.98. The summed E-state index contributed by atoms with van der Waals surface area (Å²) in [5.74, 6) is 3.03. The first-order valence-corrected chi connectivity index (χ1v) is 6.06. The monoisotopic (exact) mass is 181 g/mol. The van der Waals surface area contributed by atoms with Crippen LogP contribution in [0.3, 0.4) is 0 Å². The topological polar surface area (TPSA) is 12.0 Å². The van der Waals surface area contributed by atoms with Crippen LogP contribution in [0, 0.1) is 17.8 Å². The van der Waals surface area contributed by atoms with Crippen molar-refractivity contribution < 1.29 is 0 Å². The van der Waals surface area contributed by atoms with Crippen molar-refractivity contribution in [1.82, 2.24) is 5.32 Å². The van der Waals surface area contributed by atoms with E-state index in [1.54, 1.807) is 0 Å². The van der Waals surface area contributed by atoms with E-state index < -0.39 is 0 Å². The van der Waals surface area contributed by atoms with Gasteiger partial charge in [0.1, 0.15) is 0 Å². The van der Waals surface area contributed by atoms with E-state index in [1.807, 2.05) is 0 Å². The Hall–Kier alpha value is -0.0400. The maximum atomic E-state index is 3.72. The minimum atomic E-state index is 0.863. The predicted molar refractivity (Wildman–Crippen MR) is 56.7 cm³/mol. The molecule has 0 saturated heterocycles. The summed E-state index contributed by atoms with van der Waals surface area (Å²) >= 11 is 0. The van der Waals surface area contributed by atoms with Crippen molar-refractivity contribution in [2.24, 2.45) is 17.8 Å². The van der Waals surface area contributed by atoms with Gasteiger partial charge in [-0.05, 0) is 43.6 Å². The minimum absolute atomic E-state index is 0.863. The third kappa shape index (κ3) is 2.07. The molecule has 2 fully saturated rings. The fraction of sp³-hybridized carbons (Fsp3) is 1.00. The van der Waals surface area contributed by atoms with Crippen molar-refractivity contribution in [3.63, 3.8) is 0 Å². The van der Waals surface area contributed by atoms with Gasteiger partial charge >= 0.3 is 0 Å². The average Bonchev–Trinajstić information content (AvgIpc) is 2.69. The molecule has 0 radical (unpaired) electrons. The summed E-state index contributed by atoms with van der Waals surface area (Å²) in [6, 6.07) is 0.863. The Kier molecular flexibility index (Phi) is 2.92. The molecule has 2 aliphatic carbocycles. The van der Waals surface area contributed by atoms with Crippen molar-refractivity contribution in [1.29, 1.82) is 0 Å². The van der Waals surface area contributed by atoms with Crippen LogP contribution in [0.25, 0.3) is 0 Å². The Labute approximate surface area is 82.3 Å². The molecule has 0 aromatic rings. The Morgan fingerprint density at radius 3 is 2.38 bits per heavy atom. The van der Waals surface area contributed by atoms with Crippen LogP contribution in [-0.4, -0.2) is 12.6 Å². The summed E-state index contributed by atoms with van der Waals surface area (Å²) in [6.45, 7) is 5.81. The highest BCUT2D eigenvalue weighted by Gasteiger charge is 2.42. The van der Waals surface area contributed by atoms with Crippen LogP contribution in [-0.2, 0) is 0 Å². The number of hydrogen-bond donors (Lipinski definition) is 1. The molecule has 2 aliphatic rings. The second-order valence-corrected chi connectivity index (χ2v) is 5.00. The molecule has 1 nitrogen and oxygen atoms in total. The summed E-state index contributed by atoms with van der Waals surface area (Å²) in [5.41, 5.74) is 0. The van der Waals surface area contributed by atoms with Crippen molar-refractivity contribution in [2.75, 3.05) is 6.54 Å². The fourth-order valence-corrected chi connectivity index (χ4v) is 3.07. The lowest BCUT2D eigenvalue weighted by molar-refractivity contribution is 0.321. The van der Waals surface area contributed by atoms with E-state index in [4.69, 9.17) is 0 Å². The molecule has 13 heavy (non-hydrogen) atoms. The van der Waals surface area contributed by atoms with E-state index in [-0.39, 0.29) is 0 Å². The largest absolute Gasteiger partial charge is 0.314 e. The van der Waals surface area contributed by atoms with Gasteiger partial charge in [-0.25, -0.2) is 0 Å². The SMILES string of the molecule is CCNC(C1CCCC1)C1CC1C. The standard InChI is InChI=1S/C12H23N/c1-3-13-12(11-8-9(11)2)10-6-4-5-7-10/h9-13H,3-8H2,1-2H3. The Morgan fingerprint density at radius 1 is 1.31 bits per heavy atom. The smallest absolute Gasteiger partial charge is 0.0126 e. The second kappa shape index (κ2) is 4.00. The lowest BCUT2D eigenvalue weighted by Gasteiger charge is -2.24. The molecule has 3 atom stereocenters. The van der Waals surface area contributed by atoms with Crippen molar-refractivity contribution in [3.8, 4) is 0 Å². The second-order valence-electron chi connectivity index (χ2n) is 5.00. The summed E-state index contributed by atoms with van der Waals surface area (Å²) < 4.78 is 0. The van der Waals surface area contributed by atoms with Gasteiger partial charge in [0.15, 0.2) is 0 Å². The highest BCUT2D eigenvalue weighted by molar-refractivity contribution is 4.96. The van der Waals surface area contributed by atoms with Gasteiger partial charge < -0.3 is 5.32 Å². The molecule has 76 valence electrons. The van der Waals surface area contributed by atoms with Gasteiger partial charge in [-0.2, -0.15) is 0 Å². The molecule has 2 rings (SSSR count). The zero-order valence-corrected chi connectivity index (χ0v) is 9.05. The quantitative estimate of drug-likeness (QED) is 0.703. The molecule has 1 heteroatoms. The molecule has 0 aromatic heterocycles. The first-order valence-electron chi connectivity index (χ1n) is 6.06. The summed E-state index contributed by atoms with van der Waals surface area (Å²) in [4.78, 5) is 0. The van der Waals surface area contributed by atoms with E-state index >= 15 is 0 Å². The maximum Gasteiger partial charge on any atom is 0.0126 e. The Bertz CT molecular complexity index is 161. The first kappa shape index (κ1) is 9.51. The average molecular weight is 181 g/mol. The molecular formula is C12H23N.